The van der Waals surface area contributed by atoms with Crippen LogP contribution in [-0.4, -0.2) is 44.0 Å². The summed E-state index contributed by atoms with van der Waals surface area (Å²) < 4.78 is 1.77. The van der Waals surface area contributed by atoms with Gasteiger partial charge in [0.25, 0.3) is 0 Å². The third-order valence-electron chi connectivity index (χ3n) is 5.18. The van der Waals surface area contributed by atoms with Gasteiger partial charge in [0.2, 0.25) is 5.91 Å². The fraction of sp³-hybridized carbons (Fsp3) is 0.400. The van der Waals surface area contributed by atoms with Crippen molar-refractivity contribution < 1.29 is 4.79 Å². The number of H-pyrrole nitrogens is 1. The van der Waals surface area contributed by atoms with Gasteiger partial charge in [-0.05, 0) is 17.7 Å². The largest absolute Gasteiger partial charge is 0.325 e. The summed E-state index contributed by atoms with van der Waals surface area (Å²) in [5.41, 5.74) is 2.61. The molecule has 3 aromatic rings. The predicted octanol–water partition coefficient (Wildman–Crippen LogP) is 2.69. The van der Waals surface area contributed by atoms with E-state index in [1.54, 1.807) is 4.68 Å². The quantitative estimate of drug-likeness (QED) is 0.594. The Morgan fingerprint density at radius 2 is 2.07 bits per heavy atom. The number of anilines is 1. The minimum Gasteiger partial charge on any atom is -0.325 e. The van der Waals surface area contributed by atoms with E-state index in [0.29, 0.717) is 12.4 Å². The summed E-state index contributed by atoms with van der Waals surface area (Å²) in [5, 5.41) is 18.0. The minimum atomic E-state index is -0.157. The first-order chi connectivity index (χ1) is 13.5. The molecule has 0 aliphatic carbocycles. The lowest BCUT2D eigenvalue weighted by atomic mass is 9.90. The first-order valence-electron chi connectivity index (χ1n) is 9.54. The van der Waals surface area contributed by atoms with Crippen LogP contribution in [-0.2, 0) is 11.8 Å². The number of carbonyl (C=O) groups excluding carboxylic acids is 1. The topological polar surface area (TPSA) is 101 Å². The maximum absolute atomic E-state index is 13.1. The fourth-order valence-corrected chi connectivity index (χ4v) is 3.60. The normalized spacial score (nSPS) is 18.6. The first kappa shape index (κ1) is 21.0. The van der Waals surface area contributed by atoms with E-state index in [-0.39, 0.29) is 36.1 Å². The molecule has 8 nitrogen and oxygen atoms in total. The van der Waals surface area contributed by atoms with Crippen LogP contribution in [0.2, 0.25) is 0 Å². The van der Waals surface area contributed by atoms with Gasteiger partial charge in [0, 0.05) is 43.7 Å². The Morgan fingerprint density at radius 1 is 1.28 bits per heavy atom. The molecule has 0 saturated carbocycles. The number of hydrogen-bond acceptors (Lipinski definition) is 5. The number of rotatable bonds is 5. The summed E-state index contributed by atoms with van der Waals surface area (Å²) in [6.07, 6.45) is 3.82. The molecule has 0 unspecified atom stereocenters. The Kier molecular flexibility index (Phi) is 6.34. The van der Waals surface area contributed by atoms with Crippen molar-refractivity contribution in [2.45, 2.75) is 25.7 Å². The molecule has 2 aromatic heterocycles. The number of nitrogens with one attached hydrogen (secondary N) is 3. The molecule has 0 bridgehead atoms. The van der Waals surface area contributed by atoms with E-state index in [2.05, 4.69) is 44.8 Å². The summed E-state index contributed by atoms with van der Waals surface area (Å²) >= 11 is 0. The highest BCUT2D eigenvalue weighted by Gasteiger charge is 2.35. The molecule has 1 fully saturated rings. The van der Waals surface area contributed by atoms with Crippen LogP contribution in [0.25, 0.3) is 11.4 Å². The van der Waals surface area contributed by atoms with Crippen molar-refractivity contribution in [3.8, 4) is 11.4 Å². The molecule has 1 aliphatic heterocycles. The molecule has 1 saturated heterocycles. The molecular formula is C20H26ClN7O. The molecule has 4 rings (SSSR count). The van der Waals surface area contributed by atoms with Gasteiger partial charge in [0.05, 0.1) is 17.8 Å². The Balaban J connectivity index is 0.00000240. The van der Waals surface area contributed by atoms with Gasteiger partial charge in [-0.3, -0.25) is 14.6 Å². The molecule has 1 aliphatic rings. The number of nitrogens with zero attached hydrogens (tertiary/aromatic N) is 4. The van der Waals surface area contributed by atoms with E-state index in [0.717, 1.165) is 29.2 Å². The van der Waals surface area contributed by atoms with Crippen LogP contribution in [0.5, 0.6) is 0 Å². The molecule has 9 heteroatoms. The summed E-state index contributed by atoms with van der Waals surface area (Å²) in [4.78, 5) is 17.6. The standard InChI is InChI=1S/C20H25N7O.ClH/c1-12(2)18-24-19(26-25-18)14-6-4-5-7-17(14)23-20(28)16-10-21-9-15(16)13-8-22-27(3)11-13;/h4-8,11-12,15-16,21H,9-10H2,1-3H3,(H,23,28)(H,24,25,26);1H/t15-,16+;/m1./s1. The number of aromatic nitrogens is 5. The average molecular weight is 416 g/mol. The van der Waals surface area contributed by atoms with Crippen LogP contribution >= 0.6 is 12.4 Å². The van der Waals surface area contributed by atoms with Gasteiger partial charge < -0.3 is 10.6 Å². The Bertz CT molecular complexity index is 981. The minimum absolute atomic E-state index is 0. The van der Waals surface area contributed by atoms with Crippen LogP contribution in [0, 0.1) is 5.92 Å². The number of benzene rings is 1. The maximum atomic E-state index is 13.1. The Hall–Kier alpha value is -2.71. The van der Waals surface area contributed by atoms with E-state index in [4.69, 9.17) is 0 Å². The molecule has 29 heavy (non-hydrogen) atoms. The van der Waals surface area contributed by atoms with E-state index in [1.807, 2.05) is 43.7 Å². The zero-order valence-corrected chi connectivity index (χ0v) is 17.5. The van der Waals surface area contributed by atoms with Gasteiger partial charge in [-0.2, -0.15) is 10.2 Å². The third kappa shape index (κ3) is 4.33. The number of halogens is 1. The molecule has 1 amide bonds. The zero-order valence-electron chi connectivity index (χ0n) is 16.7. The molecule has 0 spiro atoms. The maximum Gasteiger partial charge on any atom is 0.229 e. The molecule has 2 atom stereocenters. The monoisotopic (exact) mass is 415 g/mol. The highest BCUT2D eigenvalue weighted by molar-refractivity contribution is 5.97. The molecular weight excluding hydrogens is 390 g/mol. The van der Waals surface area contributed by atoms with Crippen LogP contribution in [0.15, 0.2) is 36.7 Å². The van der Waals surface area contributed by atoms with Crippen molar-refractivity contribution in [2.75, 3.05) is 18.4 Å². The number of aryl methyl sites for hydroxylation is 1. The lowest BCUT2D eigenvalue weighted by Crippen LogP contribution is -2.28. The SMILES string of the molecule is CC(C)c1nc(-c2ccccc2NC(=O)[C@H]2CNC[C@@H]2c2cnn(C)c2)n[nH]1.Cl. The van der Waals surface area contributed by atoms with Crippen molar-refractivity contribution >= 4 is 24.0 Å². The number of aromatic amines is 1. The van der Waals surface area contributed by atoms with Gasteiger partial charge in [-0.1, -0.05) is 26.0 Å². The molecule has 154 valence electrons. The predicted molar refractivity (Wildman–Crippen MR) is 114 cm³/mol. The second-order valence-corrected chi connectivity index (χ2v) is 7.55. The highest BCUT2D eigenvalue weighted by Crippen LogP contribution is 2.31. The van der Waals surface area contributed by atoms with Crippen molar-refractivity contribution in [1.29, 1.82) is 0 Å². The van der Waals surface area contributed by atoms with Crippen molar-refractivity contribution in [1.82, 2.24) is 30.3 Å². The molecule has 3 N–H and O–H groups in total. The van der Waals surface area contributed by atoms with Gasteiger partial charge in [-0.15, -0.1) is 12.4 Å². The molecule has 0 radical (unpaired) electrons. The van der Waals surface area contributed by atoms with Crippen LogP contribution in [0.4, 0.5) is 5.69 Å². The average Bonchev–Trinajstić information content (AvgIpc) is 3.42. The fourth-order valence-electron chi connectivity index (χ4n) is 3.60. The molecule has 3 heterocycles. The number of para-hydroxylation sites is 1. The van der Waals surface area contributed by atoms with Crippen molar-refractivity contribution in [3.05, 3.63) is 48.0 Å². The van der Waals surface area contributed by atoms with E-state index in [1.165, 1.54) is 0 Å². The van der Waals surface area contributed by atoms with Crippen molar-refractivity contribution in [3.63, 3.8) is 0 Å². The van der Waals surface area contributed by atoms with Crippen LogP contribution in [0.1, 0.15) is 37.1 Å². The van der Waals surface area contributed by atoms with E-state index >= 15 is 0 Å². The number of hydrogen-bond donors (Lipinski definition) is 3. The van der Waals surface area contributed by atoms with Crippen LogP contribution in [0.3, 0.4) is 0 Å². The lowest BCUT2D eigenvalue weighted by Gasteiger charge is -2.18. The lowest BCUT2D eigenvalue weighted by molar-refractivity contribution is -0.119. The van der Waals surface area contributed by atoms with Gasteiger partial charge in [-0.25, -0.2) is 4.98 Å². The van der Waals surface area contributed by atoms with E-state index < -0.39 is 0 Å². The van der Waals surface area contributed by atoms with Crippen molar-refractivity contribution in [2.24, 2.45) is 13.0 Å². The Morgan fingerprint density at radius 3 is 2.76 bits per heavy atom. The Labute approximate surface area is 175 Å². The molecule has 1 aromatic carbocycles. The highest BCUT2D eigenvalue weighted by atomic mass is 35.5. The van der Waals surface area contributed by atoms with E-state index in [9.17, 15) is 4.79 Å². The zero-order chi connectivity index (χ0) is 19.7. The van der Waals surface area contributed by atoms with Gasteiger partial charge >= 0.3 is 0 Å². The summed E-state index contributed by atoms with van der Waals surface area (Å²) in [5.74, 6) is 1.62. The van der Waals surface area contributed by atoms with Gasteiger partial charge in [0.1, 0.15) is 5.82 Å². The summed E-state index contributed by atoms with van der Waals surface area (Å²) in [6, 6.07) is 7.64. The smallest absolute Gasteiger partial charge is 0.229 e. The summed E-state index contributed by atoms with van der Waals surface area (Å²) in [7, 11) is 1.89. The number of amides is 1. The first-order valence-corrected chi connectivity index (χ1v) is 9.54. The summed E-state index contributed by atoms with van der Waals surface area (Å²) in [6.45, 7) is 5.53. The van der Waals surface area contributed by atoms with Gasteiger partial charge in [0.15, 0.2) is 5.82 Å². The van der Waals surface area contributed by atoms with Crippen LogP contribution < -0.4 is 10.6 Å². The second-order valence-electron chi connectivity index (χ2n) is 7.55. The third-order valence-corrected chi connectivity index (χ3v) is 5.18. The second kappa shape index (κ2) is 8.75. The number of carbonyl (C=O) groups is 1.